The van der Waals surface area contributed by atoms with Gasteiger partial charge in [0.15, 0.2) is 0 Å². The molecule has 1 aromatic carbocycles. The maximum Gasteiger partial charge on any atom is 0.322 e. The standard InChI is InChI=1S/C15H21N3O3/c1-10-4-6-17(7-5-10)15(19)16-13-8-11(2)12(3)9-14(13)18(20)21/h8-10H,4-7H2,1-3H3,(H,16,19). The molecule has 0 atom stereocenters. The first-order valence-corrected chi connectivity index (χ1v) is 7.20. The smallest absolute Gasteiger partial charge is 0.322 e. The number of carbonyl (C=O) groups is 1. The Kier molecular flexibility index (Phi) is 4.45. The van der Waals surface area contributed by atoms with Gasteiger partial charge in [0.1, 0.15) is 5.69 Å². The summed E-state index contributed by atoms with van der Waals surface area (Å²) >= 11 is 0. The van der Waals surface area contributed by atoms with E-state index in [1.54, 1.807) is 11.0 Å². The molecular formula is C15H21N3O3. The molecule has 0 radical (unpaired) electrons. The van der Waals surface area contributed by atoms with Gasteiger partial charge in [0.05, 0.1) is 4.92 Å². The third-order valence-corrected chi connectivity index (χ3v) is 4.12. The molecular weight excluding hydrogens is 270 g/mol. The van der Waals surface area contributed by atoms with Crippen LogP contribution in [-0.4, -0.2) is 28.9 Å². The molecule has 0 spiro atoms. The van der Waals surface area contributed by atoms with Crippen LogP contribution in [0.5, 0.6) is 0 Å². The van der Waals surface area contributed by atoms with Gasteiger partial charge in [0.2, 0.25) is 0 Å². The number of urea groups is 1. The summed E-state index contributed by atoms with van der Waals surface area (Å²) in [5.74, 6) is 0.630. The van der Waals surface area contributed by atoms with Crippen molar-refractivity contribution in [2.45, 2.75) is 33.6 Å². The van der Waals surface area contributed by atoms with Gasteiger partial charge < -0.3 is 10.2 Å². The van der Waals surface area contributed by atoms with Crippen LogP contribution in [0, 0.1) is 29.9 Å². The van der Waals surface area contributed by atoms with E-state index in [0.717, 1.165) is 24.0 Å². The van der Waals surface area contributed by atoms with Crippen molar-refractivity contribution in [1.82, 2.24) is 4.90 Å². The topological polar surface area (TPSA) is 75.5 Å². The first-order chi connectivity index (χ1) is 9.88. The van der Waals surface area contributed by atoms with Crippen LogP contribution in [0.15, 0.2) is 12.1 Å². The van der Waals surface area contributed by atoms with E-state index in [1.807, 2.05) is 13.8 Å². The number of hydrogen-bond donors (Lipinski definition) is 1. The maximum absolute atomic E-state index is 12.2. The molecule has 1 aromatic rings. The molecule has 1 fully saturated rings. The van der Waals surface area contributed by atoms with Gasteiger partial charge in [-0.15, -0.1) is 0 Å². The summed E-state index contributed by atoms with van der Waals surface area (Å²) in [6, 6.07) is 2.91. The number of nitro benzene ring substituents is 1. The number of carbonyl (C=O) groups excluding carboxylic acids is 1. The minimum absolute atomic E-state index is 0.0585. The third-order valence-electron chi connectivity index (χ3n) is 4.12. The number of rotatable bonds is 2. The SMILES string of the molecule is Cc1cc(NC(=O)N2CCC(C)CC2)c([N+](=O)[O-])cc1C. The number of aryl methyl sites for hydroxylation is 2. The van der Waals surface area contributed by atoms with Gasteiger partial charge in [0.25, 0.3) is 5.69 Å². The Morgan fingerprint density at radius 3 is 2.43 bits per heavy atom. The van der Waals surface area contributed by atoms with Gasteiger partial charge in [-0.05, 0) is 49.8 Å². The minimum Gasteiger partial charge on any atom is -0.325 e. The van der Waals surface area contributed by atoms with E-state index in [2.05, 4.69) is 12.2 Å². The summed E-state index contributed by atoms with van der Waals surface area (Å²) in [5, 5.41) is 13.8. The zero-order valence-corrected chi connectivity index (χ0v) is 12.7. The molecule has 21 heavy (non-hydrogen) atoms. The Bertz CT molecular complexity index is 564. The highest BCUT2D eigenvalue weighted by Gasteiger charge is 2.23. The molecule has 0 unspecified atom stereocenters. The molecule has 6 heteroatoms. The van der Waals surface area contributed by atoms with E-state index in [4.69, 9.17) is 0 Å². The van der Waals surface area contributed by atoms with Gasteiger partial charge >= 0.3 is 6.03 Å². The molecule has 1 aliphatic heterocycles. The fraction of sp³-hybridized carbons (Fsp3) is 0.533. The van der Waals surface area contributed by atoms with Crippen LogP contribution < -0.4 is 5.32 Å². The lowest BCUT2D eigenvalue weighted by atomic mass is 10.00. The Labute approximate surface area is 124 Å². The first-order valence-electron chi connectivity index (χ1n) is 7.20. The van der Waals surface area contributed by atoms with Crippen LogP contribution >= 0.6 is 0 Å². The fourth-order valence-corrected chi connectivity index (χ4v) is 2.46. The van der Waals surface area contributed by atoms with Gasteiger partial charge in [-0.3, -0.25) is 10.1 Å². The highest BCUT2D eigenvalue weighted by atomic mass is 16.6. The maximum atomic E-state index is 12.2. The summed E-state index contributed by atoms with van der Waals surface area (Å²) in [7, 11) is 0. The average Bonchev–Trinajstić information content (AvgIpc) is 2.43. The Balaban J connectivity index is 2.17. The predicted octanol–water partition coefficient (Wildman–Crippen LogP) is 3.48. The molecule has 2 amide bonds. The molecule has 1 saturated heterocycles. The minimum atomic E-state index is -0.458. The van der Waals surface area contributed by atoms with E-state index < -0.39 is 4.92 Å². The lowest BCUT2D eigenvalue weighted by molar-refractivity contribution is -0.384. The van der Waals surface area contributed by atoms with Gasteiger partial charge in [0, 0.05) is 19.2 Å². The lowest BCUT2D eigenvalue weighted by Crippen LogP contribution is -2.40. The van der Waals surface area contributed by atoms with E-state index in [1.165, 1.54) is 6.07 Å². The van der Waals surface area contributed by atoms with Crippen LogP contribution in [0.4, 0.5) is 16.2 Å². The van der Waals surface area contributed by atoms with Crippen molar-refractivity contribution in [3.8, 4) is 0 Å². The fourth-order valence-electron chi connectivity index (χ4n) is 2.46. The molecule has 0 bridgehead atoms. The quantitative estimate of drug-likeness (QED) is 0.669. The second kappa shape index (κ2) is 6.11. The number of benzene rings is 1. The van der Waals surface area contributed by atoms with E-state index >= 15 is 0 Å². The van der Waals surface area contributed by atoms with Crippen molar-refractivity contribution in [2.75, 3.05) is 18.4 Å². The number of nitrogens with zero attached hydrogens (tertiary/aromatic N) is 2. The number of nitrogens with one attached hydrogen (secondary N) is 1. The predicted molar refractivity (Wildman–Crippen MR) is 81.6 cm³/mol. The summed E-state index contributed by atoms with van der Waals surface area (Å²) < 4.78 is 0. The largest absolute Gasteiger partial charge is 0.325 e. The lowest BCUT2D eigenvalue weighted by Gasteiger charge is -2.30. The molecule has 6 nitrogen and oxygen atoms in total. The van der Waals surface area contributed by atoms with Crippen LogP contribution in [0.1, 0.15) is 30.9 Å². The highest BCUT2D eigenvalue weighted by Crippen LogP contribution is 2.28. The first kappa shape index (κ1) is 15.3. The Hall–Kier alpha value is -2.11. The van der Waals surface area contributed by atoms with Crippen LogP contribution in [-0.2, 0) is 0 Å². The van der Waals surface area contributed by atoms with E-state index in [9.17, 15) is 14.9 Å². The summed E-state index contributed by atoms with van der Waals surface area (Å²) in [6.07, 6.45) is 1.95. The number of amides is 2. The second-order valence-electron chi connectivity index (χ2n) is 5.81. The summed E-state index contributed by atoms with van der Waals surface area (Å²) in [4.78, 5) is 24.6. The van der Waals surface area contributed by atoms with E-state index in [0.29, 0.717) is 19.0 Å². The van der Waals surface area contributed by atoms with Crippen LogP contribution in [0.3, 0.4) is 0 Å². The van der Waals surface area contributed by atoms with Crippen molar-refractivity contribution >= 4 is 17.4 Å². The van der Waals surface area contributed by atoms with Crippen molar-refractivity contribution < 1.29 is 9.72 Å². The zero-order chi connectivity index (χ0) is 15.6. The number of likely N-dealkylation sites (tertiary alicyclic amines) is 1. The van der Waals surface area contributed by atoms with Crippen LogP contribution in [0.2, 0.25) is 0 Å². The van der Waals surface area contributed by atoms with Crippen molar-refractivity contribution in [2.24, 2.45) is 5.92 Å². The number of hydrogen-bond acceptors (Lipinski definition) is 3. The van der Waals surface area contributed by atoms with Crippen molar-refractivity contribution in [3.63, 3.8) is 0 Å². The van der Waals surface area contributed by atoms with Crippen LogP contribution in [0.25, 0.3) is 0 Å². The Morgan fingerprint density at radius 1 is 1.29 bits per heavy atom. The molecule has 0 aromatic heterocycles. The Morgan fingerprint density at radius 2 is 1.86 bits per heavy atom. The highest BCUT2D eigenvalue weighted by molar-refractivity contribution is 5.92. The summed E-state index contributed by atoms with van der Waals surface area (Å²) in [5.41, 5.74) is 1.97. The molecule has 2 rings (SSSR count). The molecule has 1 N–H and O–H groups in total. The second-order valence-corrected chi connectivity index (χ2v) is 5.81. The van der Waals surface area contributed by atoms with Gasteiger partial charge in [-0.2, -0.15) is 0 Å². The van der Waals surface area contributed by atoms with Crippen molar-refractivity contribution in [1.29, 1.82) is 0 Å². The van der Waals surface area contributed by atoms with Gasteiger partial charge in [-0.1, -0.05) is 6.92 Å². The van der Waals surface area contributed by atoms with Crippen molar-refractivity contribution in [3.05, 3.63) is 33.4 Å². The summed E-state index contributed by atoms with van der Waals surface area (Å²) in [6.45, 7) is 7.26. The third kappa shape index (κ3) is 3.51. The normalized spacial score (nSPS) is 15.9. The van der Waals surface area contributed by atoms with Gasteiger partial charge in [-0.25, -0.2) is 4.79 Å². The molecule has 1 heterocycles. The molecule has 114 valence electrons. The average molecular weight is 291 g/mol. The number of nitro groups is 1. The number of piperidine rings is 1. The molecule has 0 saturated carbocycles. The molecule has 1 aliphatic rings. The number of anilines is 1. The molecule has 0 aliphatic carbocycles. The monoisotopic (exact) mass is 291 g/mol. The zero-order valence-electron chi connectivity index (χ0n) is 12.7. The van der Waals surface area contributed by atoms with E-state index in [-0.39, 0.29) is 17.4 Å².